The van der Waals surface area contributed by atoms with Crippen LogP contribution < -0.4 is 20.5 Å². The molecule has 2 heterocycles. The predicted octanol–water partition coefficient (Wildman–Crippen LogP) is 2.22. The maximum atomic E-state index is 12.8. The number of rotatable bonds is 8. The van der Waals surface area contributed by atoms with E-state index in [2.05, 4.69) is 15.2 Å². The highest BCUT2D eigenvalue weighted by molar-refractivity contribution is 6.33. The largest absolute Gasteiger partial charge is 0.496 e. The van der Waals surface area contributed by atoms with E-state index >= 15 is 0 Å². The van der Waals surface area contributed by atoms with Crippen LogP contribution in [0.4, 0.5) is 5.69 Å². The SMILES string of the molecule is COc1cc(N)c(Cl)cc1C(=O)N[C@@H]1CCN(CCOc2cccnc2)C[C@@H]1OC. The quantitative estimate of drug-likeness (QED) is 0.614. The maximum Gasteiger partial charge on any atom is 0.255 e. The molecule has 3 rings (SSSR count). The van der Waals surface area contributed by atoms with Gasteiger partial charge in [0.05, 0.1) is 41.7 Å². The number of piperidine rings is 1. The van der Waals surface area contributed by atoms with Crippen LogP contribution >= 0.6 is 11.6 Å². The summed E-state index contributed by atoms with van der Waals surface area (Å²) in [6.45, 7) is 2.83. The minimum Gasteiger partial charge on any atom is -0.496 e. The topological polar surface area (TPSA) is 98.9 Å². The lowest BCUT2D eigenvalue weighted by Crippen LogP contribution is -2.55. The van der Waals surface area contributed by atoms with Crippen LogP contribution in [0.3, 0.4) is 0 Å². The van der Waals surface area contributed by atoms with Gasteiger partial charge in [-0.25, -0.2) is 0 Å². The molecule has 1 aromatic heterocycles. The number of hydrogen-bond acceptors (Lipinski definition) is 7. The van der Waals surface area contributed by atoms with Gasteiger partial charge in [-0.05, 0) is 24.6 Å². The van der Waals surface area contributed by atoms with Gasteiger partial charge in [0.15, 0.2) is 0 Å². The molecular weight excluding hydrogens is 408 g/mol. The molecule has 0 bridgehead atoms. The van der Waals surface area contributed by atoms with Crippen molar-refractivity contribution in [3.8, 4) is 11.5 Å². The lowest BCUT2D eigenvalue weighted by Gasteiger charge is -2.38. The van der Waals surface area contributed by atoms with Crippen molar-refractivity contribution >= 4 is 23.2 Å². The molecule has 0 aliphatic carbocycles. The third-order valence-electron chi connectivity index (χ3n) is 5.14. The molecule has 162 valence electrons. The highest BCUT2D eigenvalue weighted by atomic mass is 35.5. The Bertz CT molecular complexity index is 852. The van der Waals surface area contributed by atoms with E-state index in [0.29, 0.717) is 35.2 Å². The van der Waals surface area contributed by atoms with Crippen molar-refractivity contribution in [2.45, 2.75) is 18.6 Å². The predicted molar refractivity (Wildman–Crippen MR) is 115 cm³/mol. The first-order valence-electron chi connectivity index (χ1n) is 9.73. The number of amides is 1. The van der Waals surface area contributed by atoms with E-state index in [9.17, 15) is 4.79 Å². The fourth-order valence-electron chi connectivity index (χ4n) is 3.47. The summed E-state index contributed by atoms with van der Waals surface area (Å²) >= 11 is 6.09. The number of aromatic nitrogens is 1. The van der Waals surface area contributed by atoms with Gasteiger partial charge in [0, 0.05) is 39.0 Å². The number of benzene rings is 1. The third-order valence-corrected chi connectivity index (χ3v) is 5.46. The summed E-state index contributed by atoms with van der Waals surface area (Å²) in [5, 5.41) is 3.36. The minimum atomic E-state index is -0.269. The van der Waals surface area contributed by atoms with Crippen molar-refractivity contribution in [3.63, 3.8) is 0 Å². The van der Waals surface area contributed by atoms with Gasteiger partial charge in [-0.3, -0.25) is 14.7 Å². The smallest absolute Gasteiger partial charge is 0.255 e. The normalized spacial score (nSPS) is 19.3. The number of nitrogens with one attached hydrogen (secondary N) is 1. The number of nitrogen functional groups attached to an aromatic ring is 1. The molecule has 1 saturated heterocycles. The molecular formula is C21H27ClN4O4. The monoisotopic (exact) mass is 434 g/mol. The van der Waals surface area contributed by atoms with Crippen molar-refractivity contribution in [2.24, 2.45) is 0 Å². The van der Waals surface area contributed by atoms with Crippen LogP contribution in [-0.4, -0.2) is 68.4 Å². The standard InChI is InChI=1S/C21H27ClN4O4/c1-28-19-11-17(23)16(22)10-15(19)21(27)25-18-5-7-26(13-20(18)29-2)8-9-30-14-4-3-6-24-12-14/h3-4,6,10-12,18,20H,5,7-9,13,23H2,1-2H3,(H,25,27)/t18-,20+/m1/s1. The molecule has 0 saturated carbocycles. The number of nitrogens with two attached hydrogens (primary N) is 1. The molecule has 0 radical (unpaired) electrons. The van der Waals surface area contributed by atoms with E-state index < -0.39 is 0 Å². The number of methoxy groups -OCH3 is 2. The minimum absolute atomic E-state index is 0.126. The molecule has 1 fully saturated rings. The fourth-order valence-corrected chi connectivity index (χ4v) is 3.64. The van der Waals surface area contributed by atoms with Crippen LogP contribution in [0, 0.1) is 0 Å². The highest BCUT2D eigenvalue weighted by Gasteiger charge is 2.31. The molecule has 9 heteroatoms. The number of anilines is 1. The molecule has 1 aliphatic rings. The molecule has 3 N–H and O–H groups in total. The number of nitrogens with zero attached hydrogens (tertiary/aromatic N) is 2. The van der Waals surface area contributed by atoms with E-state index in [1.54, 1.807) is 25.6 Å². The highest BCUT2D eigenvalue weighted by Crippen LogP contribution is 2.29. The zero-order chi connectivity index (χ0) is 21.5. The Labute approximate surface area is 181 Å². The Kier molecular flexibility index (Phi) is 7.73. The van der Waals surface area contributed by atoms with Crippen LogP contribution in [0.15, 0.2) is 36.7 Å². The second-order valence-corrected chi connectivity index (χ2v) is 7.46. The van der Waals surface area contributed by atoms with Gasteiger partial charge in [-0.2, -0.15) is 0 Å². The van der Waals surface area contributed by atoms with Crippen molar-refractivity contribution < 1.29 is 19.0 Å². The van der Waals surface area contributed by atoms with Crippen LogP contribution in [0.2, 0.25) is 5.02 Å². The first-order valence-corrected chi connectivity index (χ1v) is 10.1. The van der Waals surface area contributed by atoms with E-state index in [1.807, 2.05) is 12.1 Å². The van der Waals surface area contributed by atoms with Gasteiger partial charge in [-0.15, -0.1) is 0 Å². The average molecular weight is 435 g/mol. The maximum absolute atomic E-state index is 12.8. The number of ether oxygens (including phenoxy) is 3. The molecule has 0 spiro atoms. The van der Waals surface area contributed by atoms with Crippen LogP contribution in [0.25, 0.3) is 0 Å². The van der Waals surface area contributed by atoms with E-state index in [1.165, 1.54) is 13.2 Å². The van der Waals surface area contributed by atoms with Crippen LogP contribution in [0.5, 0.6) is 11.5 Å². The summed E-state index contributed by atoms with van der Waals surface area (Å²) < 4.78 is 16.7. The van der Waals surface area contributed by atoms with Gasteiger partial charge < -0.3 is 25.3 Å². The summed E-state index contributed by atoms with van der Waals surface area (Å²) in [6.07, 6.45) is 4.01. The molecule has 1 amide bonds. The lowest BCUT2D eigenvalue weighted by atomic mass is 10.0. The third kappa shape index (κ3) is 5.53. The molecule has 2 aromatic rings. The molecule has 1 aromatic carbocycles. The Hall–Kier alpha value is -2.55. The van der Waals surface area contributed by atoms with Gasteiger partial charge in [-0.1, -0.05) is 11.6 Å². The zero-order valence-corrected chi connectivity index (χ0v) is 17.9. The second-order valence-electron chi connectivity index (χ2n) is 7.05. The first-order chi connectivity index (χ1) is 14.5. The number of carbonyl (C=O) groups excluding carboxylic acids is 1. The van der Waals surface area contributed by atoms with E-state index in [0.717, 1.165) is 25.3 Å². The summed E-state index contributed by atoms with van der Waals surface area (Å²) in [4.78, 5) is 19.1. The number of likely N-dealkylation sites (tertiary alicyclic amines) is 1. The van der Waals surface area contributed by atoms with Crippen molar-refractivity contribution in [2.75, 3.05) is 46.2 Å². The summed E-state index contributed by atoms with van der Waals surface area (Å²) in [7, 11) is 3.14. The molecule has 0 unspecified atom stereocenters. The molecule has 1 aliphatic heterocycles. The summed E-state index contributed by atoms with van der Waals surface area (Å²) in [5.74, 6) is 0.863. The fraction of sp³-hybridized carbons (Fsp3) is 0.429. The zero-order valence-electron chi connectivity index (χ0n) is 17.1. The molecule has 30 heavy (non-hydrogen) atoms. The molecule has 8 nitrogen and oxygen atoms in total. The van der Waals surface area contributed by atoms with Crippen molar-refractivity contribution in [3.05, 3.63) is 47.2 Å². The molecule has 2 atom stereocenters. The Morgan fingerprint density at radius 1 is 1.40 bits per heavy atom. The van der Waals surface area contributed by atoms with Gasteiger partial charge in [0.1, 0.15) is 18.1 Å². The Morgan fingerprint density at radius 3 is 2.93 bits per heavy atom. The summed E-state index contributed by atoms with van der Waals surface area (Å²) in [6, 6.07) is 6.67. The van der Waals surface area contributed by atoms with E-state index in [4.69, 9.17) is 31.5 Å². The number of pyridine rings is 1. The van der Waals surface area contributed by atoms with Crippen molar-refractivity contribution in [1.29, 1.82) is 0 Å². The average Bonchev–Trinajstić information content (AvgIpc) is 2.76. The van der Waals surface area contributed by atoms with Gasteiger partial charge in [0.25, 0.3) is 5.91 Å². The lowest BCUT2D eigenvalue weighted by molar-refractivity contribution is 0.00321. The number of carbonyl (C=O) groups is 1. The van der Waals surface area contributed by atoms with Gasteiger partial charge >= 0.3 is 0 Å². The summed E-state index contributed by atoms with van der Waals surface area (Å²) in [5.41, 5.74) is 6.51. The van der Waals surface area contributed by atoms with Crippen LogP contribution in [-0.2, 0) is 4.74 Å². The van der Waals surface area contributed by atoms with Gasteiger partial charge in [0.2, 0.25) is 0 Å². The Morgan fingerprint density at radius 2 is 2.23 bits per heavy atom. The van der Waals surface area contributed by atoms with E-state index in [-0.39, 0.29) is 18.1 Å². The van der Waals surface area contributed by atoms with Crippen LogP contribution in [0.1, 0.15) is 16.8 Å². The second kappa shape index (κ2) is 10.5. The number of halogens is 1. The number of hydrogen-bond donors (Lipinski definition) is 2. The van der Waals surface area contributed by atoms with Crippen molar-refractivity contribution in [1.82, 2.24) is 15.2 Å². The first kappa shape index (κ1) is 22.1. The Balaban J connectivity index is 1.55.